The number of anilines is 1. The average Bonchev–Trinajstić information content (AvgIpc) is 2.64. The highest BCUT2D eigenvalue weighted by molar-refractivity contribution is 5.94. The van der Waals surface area contributed by atoms with Crippen molar-refractivity contribution in [3.8, 4) is 0 Å². The van der Waals surface area contributed by atoms with E-state index >= 15 is 0 Å². The Kier molecular flexibility index (Phi) is 6.79. The van der Waals surface area contributed by atoms with Gasteiger partial charge in [-0.25, -0.2) is 4.98 Å². The Morgan fingerprint density at radius 3 is 2.42 bits per heavy atom. The number of nitrogens with zero attached hydrogens (tertiary/aromatic N) is 3. The second kappa shape index (κ2) is 9.06. The van der Waals surface area contributed by atoms with Gasteiger partial charge in [-0.15, -0.1) is 0 Å². The summed E-state index contributed by atoms with van der Waals surface area (Å²) in [6.45, 7) is 6.45. The van der Waals surface area contributed by atoms with Crippen molar-refractivity contribution in [2.75, 3.05) is 25.0 Å². The Hall–Kier alpha value is -2.36. The number of pyridine rings is 1. The molecule has 0 aliphatic rings. The van der Waals surface area contributed by atoms with E-state index in [4.69, 9.17) is 0 Å². The lowest BCUT2D eigenvalue weighted by atomic mass is 10.2. The van der Waals surface area contributed by atoms with Gasteiger partial charge in [0.05, 0.1) is 5.56 Å². The van der Waals surface area contributed by atoms with E-state index in [1.54, 1.807) is 6.20 Å². The van der Waals surface area contributed by atoms with E-state index in [-0.39, 0.29) is 5.91 Å². The molecule has 4 nitrogen and oxygen atoms in total. The Balaban J connectivity index is 2.04. The van der Waals surface area contributed by atoms with Gasteiger partial charge < -0.3 is 9.80 Å². The number of unbranched alkanes of at least 4 members (excludes halogenated alkanes) is 1. The van der Waals surface area contributed by atoms with Crippen molar-refractivity contribution in [2.24, 2.45) is 0 Å². The van der Waals surface area contributed by atoms with Crippen LogP contribution in [0.3, 0.4) is 0 Å². The van der Waals surface area contributed by atoms with Gasteiger partial charge in [0.1, 0.15) is 5.82 Å². The minimum Gasteiger partial charge on any atom is -0.360 e. The molecule has 4 heteroatoms. The topological polar surface area (TPSA) is 36.4 Å². The van der Waals surface area contributed by atoms with Crippen LogP contribution in [0.5, 0.6) is 0 Å². The zero-order valence-corrected chi connectivity index (χ0v) is 14.9. The molecule has 0 saturated heterocycles. The second-order valence-electron chi connectivity index (χ2n) is 5.99. The number of carbonyl (C=O) groups excluding carboxylic acids is 1. The van der Waals surface area contributed by atoms with Crippen molar-refractivity contribution in [3.63, 3.8) is 0 Å². The summed E-state index contributed by atoms with van der Waals surface area (Å²) in [5, 5.41) is 0. The molecule has 0 spiro atoms. The maximum atomic E-state index is 12.7. The molecule has 0 bridgehead atoms. The molecule has 1 aromatic heterocycles. The number of aromatic nitrogens is 1. The number of hydrogen-bond acceptors (Lipinski definition) is 3. The molecule has 2 rings (SSSR count). The van der Waals surface area contributed by atoms with Crippen LogP contribution in [-0.2, 0) is 6.54 Å². The number of carbonyl (C=O) groups is 1. The first-order chi connectivity index (χ1) is 11.7. The van der Waals surface area contributed by atoms with Crippen LogP contribution in [0.1, 0.15) is 42.6 Å². The lowest BCUT2D eigenvalue weighted by Gasteiger charge is -2.22. The van der Waals surface area contributed by atoms with Gasteiger partial charge in [0.25, 0.3) is 5.91 Å². The molecule has 0 aliphatic carbocycles. The van der Waals surface area contributed by atoms with Gasteiger partial charge in [-0.05, 0) is 31.0 Å². The summed E-state index contributed by atoms with van der Waals surface area (Å²) in [5.74, 6) is 0.933. The van der Waals surface area contributed by atoms with Crippen molar-refractivity contribution in [1.82, 2.24) is 9.88 Å². The highest BCUT2D eigenvalue weighted by Crippen LogP contribution is 2.14. The monoisotopic (exact) mass is 325 g/mol. The fraction of sp³-hybridized carbons (Fsp3) is 0.400. The summed E-state index contributed by atoms with van der Waals surface area (Å²) in [6.07, 6.45) is 3.99. The van der Waals surface area contributed by atoms with E-state index in [9.17, 15) is 4.79 Å². The van der Waals surface area contributed by atoms with Crippen LogP contribution >= 0.6 is 0 Å². The molecule has 0 fully saturated rings. The first kappa shape index (κ1) is 18.0. The molecule has 1 aromatic carbocycles. The number of benzene rings is 1. The van der Waals surface area contributed by atoms with Gasteiger partial charge in [-0.2, -0.15) is 0 Å². The van der Waals surface area contributed by atoms with Gasteiger partial charge >= 0.3 is 0 Å². The molecule has 2 aromatic rings. The normalized spacial score (nSPS) is 10.5. The van der Waals surface area contributed by atoms with Crippen LogP contribution in [0.15, 0.2) is 48.7 Å². The molecule has 0 N–H and O–H groups in total. The quantitative estimate of drug-likeness (QED) is 0.736. The molecule has 0 unspecified atom stereocenters. The summed E-state index contributed by atoms with van der Waals surface area (Å²) >= 11 is 0. The zero-order chi connectivity index (χ0) is 17.4. The third kappa shape index (κ3) is 4.82. The maximum absolute atomic E-state index is 12.7. The van der Waals surface area contributed by atoms with Gasteiger partial charge in [0, 0.05) is 32.9 Å². The van der Waals surface area contributed by atoms with Gasteiger partial charge in [-0.3, -0.25) is 4.79 Å². The molecule has 0 saturated carbocycles. The summed E-state index contributed by atoms with van der Waals surface area (Å²) < 4.78 is 0. The molecule has 0 aliphatic heterocycles. The van der Waals surface area contributed by atoms with Crippen LogP contribution in [0.2, 0.25) is 0 Å². The van der Waals surface area contributed by atoms with Crippen molar-refractivity contribution < 1.29 is 4.79 Å². The highest BCUT2D eigenvalue weighted by atomic mass is 16.2. The summed E-state index contributed by atoms with van der Waals surface area (Å²) in [5.41, 5.74) is 1.78. The van der Waals surface area contributed by atoms with Crippen LogP contribution in [-0.4, -0.2) is 35.9 Å². The molecule has 1 amide bonds. The Morgan fingerprint density at radius 2 is 1.83 bits per heavy atom. The fourth-order valence-electron chi connectivity index (χ4n) is 2.56. The lowest BCUT2D eigenvalue weighted by Crippen LogP contribution is -2.30. The maximum Gasteiger partial charge on any atom is 0.255 e. The minimum absolute atomic E-state index is 0.0246. The molecule has 1 heterocycles. The Bertz CT molecular complexity index is 625. The average molecular weight is 325 g/mol. The van der Waals surface area contributed by atoms with Crippen LogP contribution < -0.4 is 4.90 Å². The lowest BCUT2D eigenvalue weighted by molar-refractivity contribution is 0.0752. The Morgan fingerprint density at radius 1 is 1.08 bits per heavy atom. The van der Waals surface area contributed by atoms with E-state index in [2.05, 4.69) is 16.8 Å². The van der Waals surface area contributed by atoms with Gasteiger partial charge in [0.2, 0.25) is 0 Å². The van der Waals surface area contributed by atoms with E-state index in [0.29, 0.717) is 18.7 Å². The molecule has 0 radical (unpaired) electrons. The number of hydrogen-bond donors (Lipinski definition) is 0. The molecule has 24 heavy (non-hydrogen) atoms. The van der Waals surface area contributed by atoms with E-state index < -0.39 is 0 Å². The third-order valence-electron chi connectivity index (χ3n) is 4.12. The smallest absolute Gasteiger partial charge is 0.255 e. The van der Waals surface area contributed by atoms with Crippen molar-refractivity contribution in [3.05, 3.63) is 59.8 Å². The number of amides is 1. The predicted molar refractivity (Wildman–Crippen MR) is 99.3 cm³/mol. The van der Waals surface area contributed by atoms with Gasteiger partial charge in [0.15, 0.2) is 0 Å². The highest BCUT2D eigenvalue weighted by Gasteiger charge is 2.15. The van der Waals surface area contributed by atoms with Crippen LogP contribution in [0.4, 0.5) is 5.82 Å². The largest absolute Gasteiger partial charge is 0.360 e. The van der Waals surface area contributed by atoms with Crippen molar-refractivity contribution >= 4 is 11.7 Å². The van der Waals surface area contributed by atoms with Crippen molar-refractivity contribution in [1.29, 1.82) is 0 Å². The zero-order valence-electron chi connectivity index (χ0n) is 14.9. The molecule has 0 atom stereocenters. The third-order valence-corrected chi connectivity index (χ3v) is 4.12. The molecule has 128 valence electrons. The molecular formula is C20H27N3O. The first-order valence-corrected chi connectivity index (χ1v) is 8.66. The van der Waals surface area contributed by atoms with E-state index in [0.717, 1.165) is 30.8 Å². The Labute approximate surface area is 145 Å². The van der Waals surface area contributed by atoms with Crippen molar-refractivity contribution in [2.45, 2.75) is 33.2 Å². The summed E-state index contributed by atoms with van der Waals surface area (Å²) in [7, 11) is 2.03. The van der Waals surface area contributed by atoms with Crippen LogP contribution in [0, 0.1) is 0 Å². The SMILES string of the molecule is CCCCN(C)c1ccc(C(=O)N(CC)Cc2ccccc2)cn1. The predicted octanol–water partition coefficient (Wildman–Crippen LogP) is 3.98. The fourth-order valence-corrected chi connectivity index (χ4v) is 2.56. The summed E-state index contributed by atoms with van der Waals surface area (Å²) in [6, 6.07) is 13.9. The standard InChI is InChI=1S/C20H27N3O/c1-4-6-14-22(3)19-13-12-18(15-21-19)20(24)23(5-2)16-17-10-8-7-9-11-17/h7-13,15H,4-6,14,16H2,1-3H3. The van der Waals surface area contributed by atoms with E-state index in [1.807, 2.05) is 61.3 Å². The minimum atomic E-state index is 0.0246. The molecular weight excluding hydrogens is 298 g/mol. The number of rotatable bonds is 8. The first-order valence-electron chi connectivity index (χ1n) is 8.66. The second-order valence-corrected chi connectivity index (χ2v) is 5.99. The van der Waals surface area contributed by atoms with E-state index in [1.165, 1.54) is 0 Å². The van der Waals surface area contributed by atoms with Gasteiger partial charge in [-0.1, -0.05) is 43.7 Å². The summed E-state index contributed by atoms with van der Waals surface area (Å²) in [4.78, 5) is 21.1. The van der Waals surface area contributed by atoms with Crippen LogP contribution in [0.25, 0.3) is 0 Å².